The van der Waals surface area contributed by atoms with E-state index in [9.17, 15) is 9.90 Å². The number of benzene rings is 1. The predicted octanol–water partition coefficient (Wildman–Crippen LogP) is 4.50. The Labute approximate surface area is 192 Å². The maximum Gasteiger partial charge on any atom is 0.255 e. The maximum absolute atomic E-state index is 12.9. The number of aromatic nitrogens is 2. The van der Waals surface area contributed by atoms with Gasteiger partial charge < -0.3 is 10.4 Å². The van der Waals surface area contributed by atoms with Crippen molar-refractivity contribution < 1.29 is 9.90 Å². The molecule has 0 aliphatic carbocycles. The number of carbonyl (C=O) groups is 1. The van der Waals surface area contributed by atoms with Gasteiger partial charge in [0.25, 0.3) is 5.91 Å². The molecule has 31 heavy (non-hydrogen) atoms. The fraction of sp³-hybridized carbons (Fsp3) is 0.261. The van der Waals surface area contributed by atoms with Crippen molar-refractivity contribution in [2.45, 2.75) is 26.7 Å². The number of aryl methyl sites for hydroxylation is 1. The number of carbonyl (C=O) groups excluding carboxylic acids is 1. The molecule has 0 bridgehead atoms. The number of allylic oxidation sites excluding steroid dienone is 4. The molecule has 2 aromatic rings. The molecule has 0 saturated heterocycles. The van der Waals surface area contributed by atoms with E-state index in [0.29, 0.717) is 52.1 Å². The average Bonchev–Trinajstić information content (AvgIpc) is 3.09. The van der Waals surface area contributed by atoms with Crippen LogP contribution in [-0.4, -0.2) is 33.9 Å². The van der Waals surface area contributed by atoms with E-state index in [1.54, 1.807) is 35.9 Å². The molecule has 1 aromatic carbocycles. The first kappa shape index (κ1) is 24.4. The number of halogens is 2. The van der Waals surface area contributed by atoms with Gasteiger partial charge in [-0.2, -0.15) is 10.4 Å². The quantitative estimate of drug-likeness (QED) is 0.427. The van der Waals surface area contributed by atoms with E-state index in [0.717, 1.165) is 5.56 Å². The number of nitrogens with zero attached hydrogens (tertiary/aromatic N) is 3. The summed E-state index contributed by atoms with van der Waals surface area (Å²) in [4.78, 5) is 12.9. The highest BCUT2D eigenvalue weighted by molar-refractivity contribution is 6.42. The summed E-state index contributed by atoms with van der Waals surface area (Å²) in [5, 5.41) is 26.7. The largest absolute Gasteiger partial charge is 0.392 e. The van der Waals surface area contributed by atoms with Crippen LogP contribution in [0, 0.1) is 18.3 Å². The van der Waals surface area contributed by atoms with Crippen LogP contribution in [0.2, 0.25) is 10.0 Å². The van der Waals surface area contributed by atoms with Gasteiger partial charge in [-0.1, -0.05) is 42.8 Å². The number of aliphatic hydroxyl groups is 1. The zero-order valence-corrected chi connectivity index (χ0v) is 19.0. The highest BCUT2D eigenvalue weighted by Crippen LogP contribution is 2.23. The van der Waals surface area contributed by atoms with Crippen LogP contribution >= 0.6 is 23.2 Å². The number of hydrogen-bond donors (Lipinski definition) is 2. The van der Waals surface area contributed by atoms with Crippen molar-refractivity contribution in [3.05, 3.63) is 81.1 Å². The molecular formula is C23H24Cl2N4O2. The van der Waals surface area contributed by atoms with Gasteiger partial charge in [-0.25, -0.2) is 4.68 Å². The maximum atomic E-state index is 12.9. The van der Waals surface area contributed by atoms with Crippen LogP contribution < -0.4 is 5.32 Å². The molecule has 0 radical (unpaired) electrons. The summed E-state index contributed by atoms with van der Waals surface area (Å²) in [6.07, 6.45) is 5.88. The number of hydrogen-bond acceptors (Lipinski definition) is 4. The summed E-state index contributed by atoms with van der Waals surface area (Å²) in [5.74, 6) is -0.227. The molecule has 0 spiro atoms. The van der Waals surface area contributed by atoms with Gasteiger partial charge >= 0.3 is 0 Å². The van der Waals surface area contributed by atoms with Crippen LogP contribution in [-0.2, 0) is 12.8 Å². The summed E-state index contributed by atoms with van der Waals surface area (Å²) in [7, 11) is 0. The Bertz CT molecular complexity index is 1080. The topological polar surface area (TPSA) is 90.9 Å². The van der Waals surface area contributed by atoms with Gasteiger partial charge in [0.05, 0.1) is 45.4 Å². The van der Waals surface area contributed by atoms with Gasteiger partial charge in [0.15, 0.2) is 0 Å². The Morgan fingerprint density at radius 1 is 1.35 bits per heavy atom. The second-order valence-electron chi connectivity index (χ2n) is 6.71. The van der Waals surface area contributed by atoms with Gasteiger partial charge in [0.2, 0.25) is 0 Å². The van der Waals surface area contributed by atoms with Gasteiger partial charge in [-0.3, -0.25) is 4.79 Å². The molecule has 1 heterocycles. The number of rotatable bonds is 9. The summed E-state index contributed by atoms with van der Waals surface area (Å²) >= 11 is 12.0. The van der Waals surface area contributed by atoms with E-state index in [2.05, 4.69) is 17.0 Å². The monoisotopic (exact) mass is 458 g/mol. The van der Waals surface area contributed by atoms with Gasteiger partial charge in [-0.05, 0) is 55.7 Å². The second-order valence-corrected chi connectivity index (χ2v) is 7.52. The van der Waals surface area contributed by atoms with Gasteiger partial charge in [-0.15, -0.1) is 0 Å². The number of nitrogens with one attached hydrogen (secondary N) is 1. The average molecular weight is 459 g/mol. The third kappa shape index (κ3) is 6.31. The Balaban J connectivity index is 2.22. The predicted molar refractivity (Wildman–Crippen MR) is 124 cm³/mol. The van der Waals surface area contributed by atoms with Crippen LogP contribution in [0.15, 0.2) is 48.6 Å². The highest BCUT2D eigenvalue weighted by atomic mass is 35.5. The number of amides is 1. The SMILES string of the molecule is C=C(C#N)/C=C\C(=C/CO)n1nc(CC)c(C(=O)NCCc2ccc(Cl)c(Cl)c2)c1C. The summed E-state index contributed by atoms with van der Waals surface area (Å²) in [6, 6.07) is 7.32. The van der Waals surface area contributed by atoms with Crippen molar-refractivity contribution in [2.75, 3.05) is 13.2 Å². The molecule has 1 aromatic heterocycles. The van der Waals surface area contributed by atoms with Gasteiger partial charge in [0, 0.05) is 12.1 Å². The number of nitriles is 1. The normalized spacial score (nSPS) is 11.5. The fourth-order valence-corrected chi connectivity index (χ4v) is 3.32. The molecule has 0 fully saturated rings. The van der Waals surface area contributed by atoms with E-state index < -0.39 is 0 Å². The minimum Gasteiger partial charge on any atom is -0.392 e. The lowest BCUT2D eigenvalue weighted by Crippen LogP contribution is -2.27. The smallest absolute Gasteiger partial charge is 0.255 e. The first-order valence-corrected chi connectivity index (χ1v) is 10.5. The lowest BCUT2D eigenvalue weighted by atomic mass is 10.1. The summed E-state index contributed by atoms with van der Waals surface area (Å²) in [6.45, 7) is 7.52. The molecule has 1 amide bonds. The Hall–Kier alpha value is -2.85. The fourth-order valence-electron chi connectivity index (χ4n) is 3.00. The van der Waals surface area contributed by atoms with Crippen molar-refractivity contribution in [3.63, 3.8) is 0 Å². The minimum absolute atomic E-state index is 0.218. The molecule has 0 atom stereocenters. The molecule has 0 unspecified atom stereocenters. The first-order chi connectivity index (χ1) is 14.8. The molecule has 2 rings (SSSR count). The minimum atomic E-state index is -0.227. The Morgan fingerprint density at radius 2 is 2.10 bits per heavy atom. The van der Waals surface area contributed by atoms with E-state index in [-0.39, 0.29) is 18.1 Å². The Kier molecular flexibility index (Phi) is 9.07. The molecule has 0 aliphatic rings. The molecule has 6 nitrogen and oxygen atoms in total. The van der Waals surface area contributed by atoms with Crippen LogP contribution in [0.4, 0.5) is 0 Å². The molecule has 162 valence electrons. The zero-order valence-electron chi connectivity index (χ0n) is 17.5. The molecule has 2 N–H and O–H groups in total. The van der Waals surface area contributed by atoms with Crippen LogP contribution in [0.3, 0.4) is 0 Å². The van der Waals surface area contributed by atoms with Crippen molar-refractivity contribution in [3.8, 4) is 6.07 Å². The zero-order chi connectivity index (χ0) is 23.0. The lowest BCUT2D eigenvalue weighted by molar-refractivity contribution is 0.0952. The van der Waals surface area contributed by atoms with Crippen LogP contribution in [0.5, 0.6) is 0 Å². The van der Waals surface area contributed by atoms with Crippen LogP contribution in [0.1, 0.15) is 34.2 Å². The van der Waals surface area contributed by atoms with Gasteiger partial charge in [0.1, 0.15) is 0 Å². The van der Waals surface area contributed by atoms with Crippen molar-refractivity contribution >= 4 is 34.8 Å². The van der Waals surface area contributed by atoms with Crippen molar-refractivity contribution in [1.82, 2.24) is 15.1 Å². The standard InChI is InChI=1S/C23H24Cl2N4O2/c1-4-21-22(23(31)27-11-9-17-6-8-19(24)20(25)13-17)16(3)29(28-21)18(10-12-30)7-5-15(2)14-26/h5-8,10,13,30H,2,4,9,11-12H2,1,3H3,(H,27,31)/b7-5-,18-10+. The first-order valence-electron chi connectivity index (χ1n) is 9.71. The van der Waals surface area contributed by atoms with E-state index in [4.69, 9.17) is 28.5 Å². The van der Waals surface area contributed by atoms with Crippen LogP contribution in [0.25, 0.3) is 5.70 Å². The Morgan fingerprint density at radius 3 is 2.71 bits per heavy atom. The summed E-state index contributed by atoms with van der Waals surface area (Å²) in [5.41, 5.74) is 3.55. The summed E-state index contributed by atoms with van der Waals surface area (Å²) < 4.78 is 1.59. The van der Waals surface area contributed by atoms with E-state index in [1.807, 2.05) is 19.1 Å². The van der Waals surface area contributed by atoms with E-state index >= 15 is 0 Å². The highest BCUT2D eigenvalue weighted by Gasteiger charge is 2.21. The molecule has 0 saturated carbocycles. The number of aliphatic hydroxyl groups excluding tert-OH is 1. The van der Waals surface area contributed by atoms with Crippen molar-refractivity contribution in [2.24, 2.45) is 0 Å². The van der Waals surface area contributed by atoms with E-state index in [1.165, 1.54) is 6.08 Å². The molecular weight excluding hydrogens is 435 g/mol. The second kappa shape index (κ2) is 11.5. The molecule has 8 heteroatoms. The van der Waals surface area contributed by atoms with Crippen molar-refractivity contribution in [1.29, 1.82) is 5.26 Å². The third-order valence-electron chi connectivity index (χ3n) is 4.58. The lowest BCUT2D eigenvalue weighted by Gasteiger charge is -2.08. The molecule has 0 aliphatic heterocycles. The third-order valence-corrected chi connectivity index (χ3v) is 5.32.